The minimum Gasteiger partial charge on any atom is -0.454 e. The Kier molecular flexibility index (Phi) is 5.81. The van der Waals surface area contributed by atoms with Gasteiger partial charge in [0.25, 0.3) is 5.91 Å². The number of halogens is 3. The van der Waals surface area contributed by atoms with Crippen LogP contribution in [0.5, 0.6) is 0 Å². The van der Waals surface area contributed by atoms with E-state index in [1.807, 2.05) is 24.3 Å². The second-order valence-electron chi connectivity index (χ2n) is 7.32. The average Bonchev–Trinajstić information content (AvgIpc) is 3.30. The van der Waals surface area contributed by atoms with Gasteiger partial charge < -0.3 is 9.73 Å². The highest BCUT2D eigenvalue weighted by atomic mass is 35.5. The molecule has 0 aliphatic heterocycles. The van der Waals surface area contributed by atoms with Gasteiger partial charge in [0.1, 0.15) is 11.5 Å². The molecule has 3 aromatic carbocycles. The van der Waals surface area contributed by atoms with Gasteiger partial charge in [-0.05, 0) is 60.7 Å². The Balaban J connectivity index is 1.57. The van der Waals surface area contributed by atoms with Crippen LogP contribution >= 0.6 is 34.8 Å². The molecular weight excluding hydrogens is 479 g/mol. The first-order valence-corrected chi connectivity index (χ1v) is 11.1. The predicted molar refractivity (Wildman–Crippen MR) is 134 cm³/mol. The van der Waals surface area contributed by atoms with Gasteiger partial charge in [-0.1, -0.05) is 59.1 Å². The third-order valence-electron chi connectivity index (χ3n) is 5.10. The highest BCUT2D eigenvalue weighted by molar-refractivity contribution is 6.35. The maximum atomic E-state index is 13.2. The Hall–Kier alpha value is -3.31. The van der Waals surface area contributed by atoms with Crippen molar-refractivity contribution in [2.75, 3.05) is 5.32 Å². The summed E-state index contributed by atoms with van der Waals surface area (Å²) in [6.07, 6.45) is 0. The van der Waals surface area contributed by atoms with Gasteiger partial charge in [0, 0.05) is 26.7 Å². The summed E-state index contributed by atoms with van der Waals surface area (Å²) in [5.41, 5.74) is 2.94. The van der Waals surface area contributed by atoms with Crippen LogP contribution in [0.1, 0.15) is 10.4 Å². The highest BCUT2D eigenvalue weighted by Gasteiger charge is 2.17. The number of para-hydroxylation sites is 1. The molecule has 33 heavy (non-hydrogen) atoms. The molecule has 0 aliphatic carbocycles. The molecule has 1 N–H and O–H groups in total. The fourth-order valence-electron chi connectivity index (χ4n) is 3.56. The van der Waals surface area contributed by atoms with Gasteiger partial charge in [-0.2, -0.15) is 0 Å². The van der Waals surface area contributed by atoms with Crippen molar-refractivity contribution < 1.29 is 9.21 Å². The molecule has 0 saturated heterocycles. The molecule has 7 heteroatoms. The van der Waals surface area contributed by atoms with Crippen molar-refractivity contribution in [1.29, 1.82) is 0 Å². The Morgan fingerprint density at radius 1 is 0.788 bits per heavy atom. The number of aromatic nitrogens is 1. The van der Waals surface area contributed by atoms with Crippen molar-refractivity contribution in [1.82, 2.24) is 4.98 Å². The zero-order valence-corrected chi connectivity index (χ0v) is 19.2. The van der Waals surface area contributed by atoms with Crippen molar-refractivity contribution >= 4 is 57.3 Å². The highest BCUT2D eigenvalue weighted by Crippen LogP contribution is 2.35. The van der Waals surface area contributed by atoms with E-state index in [-0.39, 0.29) is 5.91 Å². The molecule has 2 aromatic heterocycles. The lowest BCUT2D eigenvalue weighted by Crippen LogP contribution is -2.13. The number of pyridine rings is 1. The first-order chi connectivity index (χ1) is 16.0. The minimum absolute atomic E-state index is 0.276. The number of hydrogen-bond acceptors (Lipinski definition) is 3. The molecular formula is C26H15Cl3N2O2. The van der Waals surface area contributed by atoms with Gasteiger partial charge in [-0.3, -0.25) is 4.79 Å². The third kappa shape index (κ3) is 4.46. The molecule has 0 bridgehead atoms. The molecule has 4 nitrogen and oxygen atoms in total. The van der Waals surface area contributed by atoms with Crippen molar-refractivity contribution in [2.45, 2.75) is 0 Å². The number of amides is 1. The lowest BCUT2D eigenvalue weighted by Gasteiger charge is -2.10. The first kappa shape index (κ1) is 21.5. The standard InChI is InChI=1S/C26H15Cl3N2O2/c27-15-4-3-5-17(12-15)30-26(32)19-14-23(31-22-7-2-1-6-18(19)22)25-11-10-24(33-25)20-13-16(28)8-9-21(20)29/h1-14H,(H,30,32). The van der Waals surface area contributed by atoms with Crippen LogP contribution in [0.3, 0.4) is 0 Å². The van der Waals surface area contributed by atoms with Crippen LogP contribution in [0.25, 0.3) is 33.7 Å². The van der Waals surface area contributed by atoms with Crippen molar-refractivity contribution in [3.63, 3.8) is 0 Å². The summed E-state index contributed by atoms with van der Waals surface area (Å²) in [5, 5.41) is 5.24. The summed E-state index contributed by atoms with van der Waals surface area (Å²) < 4.78 is 6.05. The topological polar surface area (TPSA) is 55.1 Å². The maximum absolute atomic E-state index is 13.2. The van der Waals surface area contributed by atoms with E-state index in [1.165, 1.54) is 0 Å². The van der Waals surface area contributed by atoms with E-state index in [1.54, 1.807) is 60.7 Å². The zero-order chi connectivity index (χ0) is 22.9. The SMILES string of the molecule is O=C(Nc1cccc(Cl)c1)c1cc(-c2ccc(-c3cc(Cl)ccc3Cl)o2)nc2ccccc12. The van der Waals surface area contributed by atoms with Gasteiger partial charge in [-0.25, -0.2) is 4.98 Å². The number of carbonyl (C=O) groups is 1. The Morgan fingerprint density at radius 2 is 1.58 bits per heavy atom. The fraction of sp³-hybridized carbons (Fsp3) is 0. The number of hydrogen-bond donors (Lipinski definition) is 1. The molecule has 5 rings (SSSR count). The average molecular weight is 494 g/mol. The van der Waals surface area contributed by atoms with Crippen molar-refractivity contribution in [2.24, 2.45) is 0 Å². The van der Waals surface area contributed by atoms with Gasteiger partial charge in [0.15, 0.2) is 5.76 Å². The van der Waals surface area contributed by atoms with E-state index in [9.17, 15) is 4.79 Å². The van der Waals surface area contributed by atoms with E-state index in [4.69, 9.17) is 44.2 Å². The molecule has 5 aromatic rings. The Bertz CT molecular complexity index is 1510. The van der Waals surface area contributed by atoms with E-state index in [0.717, 1.165) is 5.39 Å². The number of rotatable bonds is 4. The number of carbonyl (C=O) groups excluding carboxylic acids is 1. The van der Waals surface area contributed by atoms with Gasteiger partial charge >= 0.3 is 0 Å². The van der Waals surface area contributed by atoms with Crippen molar-refractivity contribution in [3.8, 4) is 22.8 Å². The van der Waals surface area contributed by atoms with Crippen LogP contribution in [0.15, 0.2) is 89.3 Å². The van der Waals surface area contributed by atoms with E-state index < -0.39 is 0 Å². The van der Waals surface area contributed by atoms with Crippen molar-refractivity contribution in [3.05, 3.63) is 106 Å². The zero-order valence-electron chi connectivity index (χ0n) is 17.0. The molecule has 0 fully saturated rings. The normalized spacial score (nSPS) is 11.0. The molecule has 162 valence electrons. The molecule has 1 amide bonds. The molecule has 0 radical (unpaired) electrons. The van der Waals surface area contributed by atoms with Gasteiger partial charge in [0.05, 0.1) is 16.1 Å². The van der Waals surface area contributed by atoms with Crippen LogP contribution in [0.2, 0.25) is 15.1 Å². The number of nitrogens with zero attached hydrogens (tertiary/aromatic N) is 1. The first-order valence-electron chi connectivity index (χ1n) is 10.0. The molecule has 2 heterocycles. The molecule has 0 spiro atoms. The van der Waals surface area contributed by atoms with E-state index in [2.05, 4.69) is 5.32 Å². The number of nitrogens with one attached hydrogen (secondary N) is 1. The number of fused-ring (bicyclic) bond motifs is 1. The minimum atomic E-state index is -0.276. The monoisotopic (exact) mass is 492 g/mol. The molecule has 0 saturated carbocycles. The Morgan fingerprint density at radius 3 is 2.42 bits per heavy atom. The number of anilines is 1. The molecule has 0 unspecified atom stereocenters. The summed E-state index contributed by atoms with van der Waals surface area (Å²) in [6, 6.07) is 24.9. The van der Waals surface area contributed by atoms with Crippen LogP contribution in [0, 0.1) is 0 Å². The smallest absolute Gasteiger partial charge is 0.256 e. The second-order valence-corrected chi connectivity index (χ2v) is 8.60. The summed E-state index contributed by atoms with van der Waals surface area (Å²) >= 11 is 18.5. The lowest BCUT2D eigenvalue weighted by molar-refractivity contribution is 0.102. The summed E-state index contributed by atoms with van der Waals surface area (Å²) in [7, 11) is 0. The van der Waals surface area contributed by atoms with E-state index >= 15 is 0 Å². The molecule has 0 atom stereocenters. The van der Waals surface area contributed by atoms with Gasteiger partial charge in [-0.15, -0.1) is 0 Å². The largest absolute Gasteiger partial charge is 0.454 e. The fourth-order valence-corrected chi connectivity index (χ4v) is 4.13. The summed E-state index contributed by atoms with van der Waals surface area (Å²) in [4.78, 5) is 17.9. The van der Waals surface area contributed by atoms with Crippen LogP contribution in [0.4, 0.5) is 5.69 Å². The van der Waals surface area contributed by atoms with Crippen LogP contribution < -0.4 is 5.32 Å². The number of furan rings is 1. The predicted octanol–water partition coefficient (Wildman–Crippen LogP) is 8.37. The van der Waals surface area contributed by atoms with Crippen LogP contribution in [-0.2, 0) is 0 Å². The quantitative estimate of drug-likeness (QED) is 0.273. The molecule has 0 aliphatic rings. The third-order valence-corrected chi connectivity index (χ3v) is 5.90. The van der Waals surface area contributed by atoms with Crippen LogP contribution in [-0.4, -0.2) is 10.9 Å². The van der Waals surface area contributed by atoms with E-state index in [0.29, 0.717) is 54.6 Å². The number of benzene rings is 3. The summed E-state index contributed by atoms with van der Waals surface area (Å²) in [6.45, 7) is 0. The lowest BCUT2D eigenvalue weighted by atomic mass is 10.1. The Labute approximate surface area is 204 Å². The summed E-state index contributed by atoms with van der Waals surface area (Å²) in [5.74, 6) is 0.780. The van der Waals surface area contributed by atoms with Gasteiger partial charge in [0.2, 0.25) is 0 Å². The maximum Gasteiger partial charge on any atom is 0.256 e. The second kappa shape index (κ2) is 8.91.